The molecule has 0 bridgehead atoms. The summed E-state index contributed by atoms with van der Waals surface area (Å²) in [5, 5.41) is 2.79. The summed E-state index contributed by atoms with van der Waals surface area (Å²) < 4.78 is 56.0. The van der Waals surface area contributed by atoms with Gasteiger partial charge in [-0.25, -0.2) is 19.5 Å². The van der Waals surface area contributed by atoms with Crippen LogP contribution in [0.5, 0.6) is 5.88 Å². The number of ether oxygens (including phenoxy) is 2. The molecule has 0 aromatic carbocycles. The molecule has 2 amide bonds. The minimum atomic E-state index is -4.70. The normalized spacial score (nSPS) is 18.4. The van der Waals surface area contributed by atoms with Crippen molar-refractivity contribution in [3.05, 3.63) is 60.2 Å². The number of alkyl halides is 3. The molecule has 2 aromatic heterocycles. The van der Waals surface area contributed by atoms with Crippen molar-refractivity contribution >= 4 is 72.0 Å². The number of pyridine rings is 1. The van der Waals surface area contributed by atoms with Crippen molar-refractivity contribution in [3.8, 4) is 11.7 Å². The summed E-state index contributed by atoms with van der Waals surface area (Å²) in [4.78, 5) is 36.1. The number of carbonyl (C=O) groups excluding carboxylic acids is 2. The van der Waals surface area contributed by atoms with Crippen molar-refractivity contribution in [3.63, 3.8) is 0 Å². The van der Waals surface area contributed by atoms with E-state index in [0.717, 1.165) is 31.2 Å². The average molecular weight is 794 g/mol. The lowest BCUT2D eigenvalue weighted by molar-refractivity contribution is -0.193. The van der Waals surface area contributed by atoms with Crippen LogP contribution in [0.15, 0.2) is 54.4 Å². The zero-order valence-corrected chi connectivity index (χ0v) is 33.2. The van der Waals surface area contributed by atoms with Gasteiger partial charge in [0, 0.05) is 42.8 Å². The molecule has 1 aliphatic heterocycles. The third-order valence-corrected chi connectivity index (χ3v) is 10.6. The van der Waals surface area contributed by atoms with Crippen molar-refractivity contribution < 1.29 is 32.2 Å². The summed E-state index contributed by atoms with van der Waals surface area (Å²) in [6.45, 7) is 17.9. The van der Waals surface area contributed by atoms with E-state index in [0.29, 0.717) is 29.9 Å². The van der Waals surface area contributed by atoms with Crippen molar-refractivity contribution in [1.82, 2.24) is 29.7 Å². The monoisotopic (exact) mass is 793 g/mol. The van der Waals surface area contributed by atoms with Gasteiger partial charge in [0.2, 0.25) is 5.88 Å². The van der Waals surface area contributed by atoms with E-state index >= 15 is 0 Å². The highest BCUT2D eigenvalue weighted by molar-refractivity contribution is 8.13. The summed E-state index contributed by atoms with van der Waals surface area (Å²) in [6, 6.07) is 4.30. The third kappa shape index (κ3) is 10.5. The fourth-order valence-electron chi connectivity index (χ4n) is 6.33. The summed E-state index contributed by atoms with van der Waals surface area (Å²) in [5.41, 5.74) is -3.21. The van der Waals surface area contributed by atoms with Crippen LogP contribution in [0.25, 0.3) is 5.82 Å². The molecular formula is C35H43B4ClF3N7O4S. The summed E-state index contributed by atoms with van der Waals surface area (Å²) in [7, 11) is 23.7. The van der Waals surface area contributed by atoms with Crippen LogP contribution in [0.2, 0.25) is 15.6 Å². The van der Waals surface area contributed by atoms with E-state index in [9.17, 15) is 22.8 Å². The molecule has 1 saturated heterocycles. The zero-order chi connectivity index (χ0) is 41.2. The van der Waals surface area contributed by atoms with Crippen molar-refractivity contribution in [2.24, 2.45) is 16.3 Å². The molecule has 11 nitrogen and oxygen atoms in total. The molecule has 2 fully saturated rings. The van der Waals surface area contributed by atoms with Gasteiger partial charge in [-0.15, -0.1) is 5.10 Å². The number of hydrogen-bond donors (Lipinski definition) is 2. The highest BCUT2D eigenvalue weighted by atomic mass is 35.5. The lowest BCUT2D eigenvalue weighted by Crippen LogP contribution is -2.48. The lowest BCUT2D eigenvalue weighted by atomic mass is 9.26. The molecule has 1 unspecified atom stereocenters. The molecule has 0 spiro atoms. The standard InChI is InChI=1S/C35H43B4ClF3N7O4S/c1-8-26(45-21(2)44-16-9-10-22-18-31(6,7)49(19-22)29(52)54-30(3,4)5)55-48-28(51)23-11-12-24(46-27(23)40)50-17-13-25(47-50)53-20-33(36,37)34(38,39)32(14-15-32)35(41,42)43/h8,11-13,17,22,44H,1-2,9-10,14-16,18-20H2,3-7H3,(H,48,51)/b45-26+. The van der Waals surface area contributed by atoms with Crippen LogP contribution in [-0.4, -0.2) is 105 Å². The molecular weight excluding hydrogens is 750 g/mol. The maximum absolute atomic E-state index is 13.7. The van der Waals surface area contributed by atoms with Crippen molar-refractivity contribution in [2.75, 3.05) is 19.7 Å². The van der Waals surface area contributed by atoms with Crippen LogP contribution in [0.3, 0.4) is 0 Å². The van der Waals surface area contributed by atoms with Gasteiger partial charge < -0.3 is 19.7 Å². The smallest absolute Gasteiger partial charge is 0.410 e. The van der Waals surface area contributed by atoms with Crippen LogP contribution in [0.1, 0.15) is 77.1 Å². The largest absolute Gasteiger partial charge is 0.478 e. The number of likely N-dealkylation sites (tertiary alicyclic amines) is 1. The molecule has 4 rings (SSSR count). The van der Waals surface area contributed by atoms with Crippen LogP contribution in [-0.2, 0) is 4.74 Å². The number of nitrogens with zero attached hydrogens (tertiary/aromatic N) is 5. The Labute approximate surface area is 335 Å². The first kappa shape index (κ1) is 44.3. The fraction of sp³-hybridized carbons (Fsp3) is 0.571. The number of carbonyl (C=O) groups is 2. The number of rotatable bonds is 14. The van der Waals surface area contributed by atoms with E-state index in [1.807, 2.05) is 25.7 Å². The van der Waals surface area contributed by atoms with Gasteiger partial charge in [-0.2, -0.15) is 13.2 Å². The highest BCUT2D eigenvalue weighted by Crippen LogP contribution is 2.73. The Hall–Kier alpha value is -3.46. The predicted molar refractivity (Wildman–Crippen MR) is 212 cm³/mol. The number of amides is 2. The van der Waals surface area contributed by atoms with Gasteiger partial charge in [0.05, 0.1) is 49.0 Å². The molecule has 288 valence electrons. The van der Waals surface area contributed by atoms with Gasteiger partial charge in [-0.1, -0.05) is 35.2 Å². The second kappa shape index (κ2) is 16.6. The van der Waals surface area contributed by atoms with Crippen molar-refractivity contribution in [2.45, 2.75) is 94.5 Å². The molecule has 20 heteroatoms. The fourth-order valence-corrected chi connectivity index (χ4v) is 7.11. The van der Waals surface area contributed by atoms with E-state index in [1.54, 1.807) is 0 Å². The van der Waals surface area contributed by atoms with Crippen LogP contribution < -0.4 is 14.8 Å². The number of aliphatic imine (C=N–C) groups is 1. The quantitative estimate of drug-likeness (QED) is 0.0564. The molecule has 2 N–H and O–H groups in total. The Balaban J connectivity index is 1.24. The van der Waals surface area contributed by atoms with Gasteiger partial charge in [0.15, 0.2) is 5.82 Å². The SMILES string of the molecule is [B]C([B])(COc1ccn(-c2ccc(C(=O)NS/C(C=C)=N/C(=C)NCCCC3CN(C(=O)OC(C)(C)C)C(C)(C)C3)c(Cl)n2)n1)C([B])([B])C1(C(F)(F)F)CC1. The summed E-state index contributed by atoms with van der Waals surface area (Å²) in [5.74, 6) is 0.300. The van der Waals surface area contributed by atoms with Gasteiger partial charge in [0.25, 0.3) is 5.91 Å². The third-order valence-electron chi connectivity index (χ3n) is 9.55. The average Bonchev–Trinajstić information content (AvgIpc) is 3.69. The van der Waals surface area contributed by atoms with Gasteiger partial charge in [-0.3, -0.25) is 9.52 Å². The topological polar surface area (TPSA) is 123 Å². The second-order valence-electron chi connectivity index (χ2n) is 15.6. The van der Waals surface area contributed by atoms with E-state index in [4.69, 9.17) is 52.5 Å². The van der Waals surface area contributed by atoms with Crippen LogP contribution in [0.4, 0.5) is 18.0 Å². The lowest BCUT2D eigenvalue weighted by Gasteiger charge is -2.50. The summed E-state index contributed by atoms with van der Waals surface area (Å²) in [6.07, 6.45) is -0.0867. The van der Waals surface area contributed by atoms with E-state index < -0.39 is 40.1 Å². The Bertz CT molecular complexity index is 1800. The number of hydrogen-bond acceptors (Lipinski definition) is 9. The first-order valence-electron chi connectivity index (χ1n) is 17.5. The highest BCUT2D eigenvalue weighted by Gasteiger charge is 2.71. The van der Waals surface area contributed by atoms with Gasteiger partial charge in [-0.05, 0) is 90.8 Å². The van der Waals surface area contributed by atoms with Crippen molar-refractivity contribution in [1.29, 1.82) is 0 Å². The minimum absolute atomic E-state index is 0.0547. The van der Waals surface area contributed by atoms with Gasteiger partial charge >= 0.3 is 12.3 Å². The number of nitrogens with one attached hydrogen (secondary N) is 2. The van der Waals surface area contributed by atoms with Gasteiger partial charge in [0.1, 0.15) is 21.6 Å². The molecule has 2 aromatic rings. The summed E-state index contributed by atoms with van der Waals surface area (Å²) >= 11 is 7.26. The molecule has 8 radical (unpaired) electrons. The van der Waals surface area contributed by atoms with E-state index in [-0.39, 0.29) is 46.9 Å². The Kier molecular flexibility index (Phi) is 13.3. The zero-order valence-electron chi connectivity index (χ0n) is 31.6. The first-order valence-corrected chi connectivity index (χ1v) is 18.7. The molecule has 1 atom stereocenters. The van der Waals surface area contributed by atoms with E-state index in [2.05, 4.69) is 52.1 Å². The Morgan fingerprint density at radius 1 is 1.16 bits per heavy atom. The molecule has 1 aliphatic carbocycles. The molecule has 3 heterocycles. The van der Waals surface area contributed by atoms with E-state index in [1.165, 1.54) is 35.2 Å². The number of aromatic nitrogens is 3. The number of halogens is 4. The second-order valence-corrected chi connectivity index (χ2v) is 16.7. The molecule has 55 heavy (non-hydrogen) atoms. The molecule has 1 saturated carbocycles. The predicted octanol–water partition coefficient (Wildman–Crippen LogP) is 6.39. The molecule has 2 aliphatic rings. The van der Waals surface area contributed by atoms with Crippen LogP contribution >= 0.6 is 23.5 Å². The minimum Gasteiger partial charge on any atom is -0.478 e. The first-order chi connectivity index (χ1) is 25.3. The Morgan fingerprint density at radius 3 is 2.42 bits per heavy atom. The maximum Gasteiger partial charge on any atom is 0.410 e. The van der Waals surface area contributed by atoms with Crippen LogP contribution in [0, 0.1) is 11.3 Å². The maximum atomic E-state index is 13.7. The Morgan fingerprint density at radius 2 is 1.84 bits per heavy atom.